The number of carbonyl (C=O) groups is 3. The molecule has 0 bridgehead atoms. The number of aromatic nitrogens is 4. The van der Waals surface area contributed by atoms with E-state index < -0.39 is 23.6 Å². The van der Waals surface area contributed by atoms with Crippen molar-refractivity contribution in [3.63, 3.8) is 0 Å². The van der Waals surface area contributed by atoms with E-state index in [0.717, 1.165) is 83.7 Å². The maximum atomic E-state index is 14.3. The molecule has 0 saturated carbocycles. The van der Waals surface area contributed by atoms with E-state index in [1.54, 1.807) is 0 Å². The molecule has 3 aromatic carbocycles. The Kier molecular flexibility index (Phi) is 12.4. The van der Waals surface area contributed by atoms with E-state index in [-0.39, 0.29) is 47.2 Å². The lowest BCUT2D eigenvalue weighted by Gasteiger charge is -2.35. The van der Waals surface area contributed by atoms with Gasteiger partial charge in [0, 0.05) is 18.8 Å². The molecule has 3 aliphatic heterocycles. The third-order valence-corrected chi connectivity index (χ3v) is 13.4. The Balaban J connectivity index is 0.984. The van der Waals surface area contributed by atoms with Gasteiger partial charge in [-0.2, -0.15) is 0 Å². The molecular formula is C50H62FN9O4. The van der Waals surface area contributed by atoms with Crippen LogP contribution in [0.4, 0.5) is 14.9 Å². The van der Waals surface area contributed by atoms with E-state index in [4.69, 9.17) is 20.4 Å². The number of H-pyrrole nitrogens is 2. The number of carbonyl (C=O) groups excluding carboxylic acids is 3. The van der Waals surface area contributed by atoms with Gasteiger partial charge >= 0.3 is 6.09 Å². The van der Waals surface area contributed by atoms with E-state index in [9.17, 15) is 18.8 Å². The molecule has 0 spiro atoms. The molecule has 8 rings (SSSR count). The van der Waals surface area contributed by atoms with Crippen LogP contribution < -0.4 is 16.0 Å². The van der Waals surface area contributed by atoms with Crippen LogP contribution in [0.5, 0.6) is 0 Å². The number of nitrogens with two attached hydrogens (primary N) is 1. The number of nitrogens with zero attached hydrogens (tertiary/aromatic N) is 5. The number of hydrogen-bond acceptors (Lipinski definition) is 8. The van der Waals surface area contributed by atoms with Crippen molar-refractivity contribution in [2.45, 2.75) is 116 Å². The van der Waals surface area contributed by atoms with Crippen molar-refractivity contribution in [3.8, 4) is 22.5 Å². The van der Waals surface area contributed by atoms with Gasteiger partial charge in [-0.25, -0.2) is 19.2 Å². The summed E-state index contributed by atoms with van der Waals surface area (Å²) in [4.78, 5) is 62.1. The Morgan fingerprint density at radius 3 is 1.59 bits per heavy atom. The Labute approximate surface area is 375 Å². The second kappa shape index (κ2) is 17.9. The van der Waals surface area contributed by atoms with E-state index in [2.05, 4.69) is 68.7 Å². The number of rotatable bonds is 10. The lowest BCUT2D eigenvalue weighted by molar-refractivity contribution is -0.137. The number of imidazole rings is 2. The maximum Gasteiger partial charge on any atom is 0.407 e. The van der Waals surface area contributed by atoms with Crippen LogP contribution in [0, 0.1) is 16.6 Å². The van der Waals surface area contributed by atoms with Crippen LogP contribution in [0.25, 0.3) is 22.5 Å². The van der Waals surface area contributed by atoms with Gasteiger partial charge in [0.15, 0.2) is 0 Å². The lowest BCUT2D eigenvalue weighted by Crippen LogP contribution is -2.54. The van der Waals surface area contributed by atoms with Crippen LogP contribution in [-0.4, -0.2) is 79.9 Å². The molecule has 64 heavy (non-hydrogen) atoms. The largest absolute Gasteiger partial charge is 0.453 e. The normalized spacial score (nSPS) is 21.3. The molecule has 3 aliphatic rings. The van der Waals surface area contributed by atoms with Crippen molar-refractivity contribution < 1.29 is 23.5 Å². The number of methoxy groups -OCH3 is 1. The predicted molar refractivity (Wildman–Crippen MR) is 245 cm³/mol. The summed E-state index contributed by atoms with van der Waals surface area (Å²) in [6.45, 7) is 13.0. The molecule has 338 valence electrons. The molecule has 6 unspecified atom stereocenters. The molecular weight excluding hydrogens is 810 g/mol. The number of benzene rings is 3. The average molecular weight is 872 g/mol. The molecule has 5 N–H and O–H groups in total. The Bertz CT molecular complexity index is 2430. The molecule has 2 aromatic heterocycles. The minimum Gasteiger partial charge on any atom is -0.453 e. The Hall–Kier alpha value is -6.02. The monoisotopic (exact) mass is 871 g/mol. The smallest absolute Gasteiger partial charge is 0.407 e. The number of aromatic amines is 2. The minimum atomic E-state index is -0.755. The van der Waals surface area contributed by atoms with Crippen LogP contribution in [0.3, 0.4) is 0 Å². The minimum absolute atomic E-state index is 0.0362. The lowest BCUT2D eigenvalue weighted by atomic mass is 9.85. The molecule has 3 fully saturated rings. The zero-order valence-corrected chi connectivity index (χ0v) is 38.0. The zero-order chi connectivity index (χ0) is 45.5. The Morgan fingerprint density at radius 2 is 1.16 bits per heavy atom. The van der Waals surface area contributed by atoms with Crippen LogP contribution in [0.15, 0.2) is 85.2 Å². The highest BCUT2D eigenvalue weighted by molar-refractivity contribution is 5.87. The van der Waals surface area contributed by atoms with Crippen molar-refractivity contribution in [2.75, 3.05) is 25.1 Å². The van der Waals surface area contributed by atoms with Crippen molar-refractivity contribution >= 4 is 23.6 Å². The molecule has 14 heteroatoms. The van der Waals surface area contributed by atoms with Crippen LogP contribution in [-0.2, 0) is 14.3 Å². The number of alkyl carbamates (subject to hydrolysis) is 1. The maximum absolute atomic E-state index is 14.3. The fraction of sp³-hybridized carbons (Fsp3) is 0.460. The summed E-state index contributed by atoms with van der Waals surface area (Å²) in [7, 11) is 1.29. The number of amides is 3. The molecule has 3 amide bonds. The summed E-state index contributed by atoms with van der Waals surface area (Å²) in [6.07, 6.45) is 8.17. The molecule has 5 aromatic rings. The fourth-order valence-corrected chi connectivity index (χ4v) is 9.68. The van der Waals surface area contributed by atoms with Gasteiger partial charge in [-0.05, 0) is 95.9 Å². The van der Waals surface area contributed by atoms with Gasteiger partial charge < -0.3 is 40.5 Å². The first-order valence-electron chi connectivity index (χ1n) is 22.6. The van der Waals surface area contributed by atoms with Gasteiger partial charge in [0.25, 0.3) is 0 Å². The highest BCUT2D eigenvalue weighted by Gasteiger charge is 2.42. The number of ether oxygens (including phenoxy) is 1. The third kappa shape index (κ3) is 9.02. The second-order valence-corrected chi connectivity index (χ2v) is 19.8. The zero-order valence-electron chi connectivity index (χ0n) is 38.0. The van der Waals surface area contributed by atoms with Crippen molar-refractivity contribution in [3.05, 3.63) is 114 Å². The summed E-state index contributed by atoms with van der Waals surface area (Å²) < 4.78 is 19.1. The first-order valence-corrected chi connectivity index (χ1v) is 22.6. The summed E-state index contributed by atoms with van der Waals surface area (Å²) in [6, 6.07) is 22.2. The molecule has 13 nitrogen and oxygen atoms in total. The van der Waals surface area contributed by atoms with E-state index in [1.165, 1.54) is 19.2 Å². The molecule has 6 atom stereocenters. The van der Waals surface area contributed by atoms with E-state index in [0.29, 0.717) is 18.9 Å². The van der Waals surface area contributed by atoms with Crippen molar-refractivity contribution in [1.82, 2.24) is 35.1 Å². The SMILES string of the molecule is COC(=O)NC(C(=O)N1CCCC1c1ncc(-c2ccc(C3CCC(c4ccc(-c5cnc(C6CCCN6C(=O)C(N)C(C)(C)C)[nH]5)cc4)N3c3ccc(F)cc3)cc2)[nH]1)C(C)(C)C. The fourth-order valence-electron chi connectivity index (χ4n) is 9.68. The van der Waals surface area contributed by atoms with E-state index >= 15 is 0 Å². The average Bonchev–Trinajstić information content (AvgIpc) is 4.14. The van der Waals surface area contributed by atoms with Gasteiger partial charge in [-0.15, -0.1) is 0 Å². The summed E-state index contributed by atoms with van der Waals surface area (Å²) in [5, 5.41) is 2.75. The Morgan fingerprint density at radius 1 is 0.688 bits per heavy atom. The number of hydrogen-bond donors (Lipinski definition) is 4. The van der Waals surface area contributed by atoms with Gasteiger partial charge in [0.1, 0.15) is 23.5 Å². The molecule has 3 saturated heterocycles. The topological polar surface area (TPSA) is 166 Å². The van der Waals surface area contributed by atoms with Crippen molar-refractivity contribution in [2.24, 2.45) is 16.6 Å². The second-order valence-electron chi connectivity index (χ2n) is 19.8. The first-order chi connectivity index (χ1) is 30.5. The van der Waals surface area contributed by atoms with Gasteiger partial charge in [-0.1, -0.05) is 90.1 Å². The number of nitrogens with one attached hydrogen (secondary N) is 3. The van der Waals surface area contributed by atoms with Crippen molar-refractivity contribution in [1.29, 1.82) is 0 Å². The van der Waals surface area contributed by atoms with Gasteiger partial charge in [-0.3, -0.25) is 9.59 Å². The summed E-state index contributed by atoms with van der Waals surface area (Å²) >= 11 is 0. The number of likely N-dealkylation sites (tertiary alicyclic amines) is 2. The van der Waals surface area contributed by atoms with Crippen LogP contribution in [0.1, 0.15) is 127 Å². The standard InChI is InChI=1S/C50H62FN9O4/c1-49(2,3)42(52)46(61)58-26-8-10-40(58)44-53-28-36(55-44)30-12-16-32(17-13-30)38-24-25-39(60(38)35-22-20-34(51)21-23-35)33-18-14-31(15-19-33)37-29-54-45(56-37)41-11-9-27-59(41)47(62)43(50(4,5)6)57-48(63)64-7/h12-23,28-29,38-43H,8-11,24-27,52H2,1-7H3,(H,53,55)(H,54,56)(H,57,63). The highest BCUT2D eigenvalue weighted by atomic mass is 19.1. The number of halogens is 1. The third-order valence-electron chi connectivity index (χ3n) is 13.4. The summed E-state index contributed by atoms with van der Waals surface area (Å²) in [5.41, 5.74) is 12.5. The quantitative estimate of drug-likeness (QED) is 0.108. The molecule has 0 radical (unpaired) electrons. The van der Waals surface area contributed by atoms with Gasteiger partial charge in [0.2, 0.25) is 11.8 Å². The predicted octanol–water partition coefficient (Wildman–Crippen LogP) is 9.16. The molecule has 5 heterocycles. The highest BCUT2D eigenvalue weighted by Crippen LogP contribution is 2.47. The van der Waals surface area contributed by atoms with E-state index in [1.807, 2.05) is 75.9 Å². The van der Waals surface area contributed by atoms with Crippen LogP contribution in [0.2, 0.25) is 0 Å². The van der Waals surface area contributed by atoms with Crippen LogP contribution >= 0.6 is 0 Å². The first kappa shape index (κ1) is 44.6. The van der Waals surface area contributed by atoms with Gasteiger partial charge in [0.05, 0.1) is 61.1 Å². The number of anilines is 1. The summed E-state index contributed by atoms with van der Waals surface area (Å²) in [5.74, 6) is 1.02. The molecule has 0 aliphatic carbocycles.